The molecule has 4 nitrogen and oxygen atoms in total. The van der Waals surface area contributed by atoms with E-state index >= 15 is 0 Å². The first-order valence-electron chi connectivity index (χ1n) is 9.17. The van der Waals surface area contributed by atoms with E-state index in [9.17, 15) is 17.4 Å². The Morgan fingerprint density at radius 2 is 1.72 bits per heavy atom. The van der Waals surface area contributed by atoms with Crippen molar-refractivity contribution in [3.8, 4) is 5.69 Å². The van der Waals surface area contributed by atoms with Gasteiger partial charge >= 0.3 is 6.18 Å². The number of aromatic nitrogens is 2. The summed E-state index contributed by atoms with van der Waals surface area (Å²) in [7, 11) is -1.67. The summed E-state index contributed by atoms with van der Waals surface area (Å²) >= 11 is 0. The monoisotopic (exact) mass is 427 g/mol. The molecule has 0 spiro atoms. The molecule has 0 aliphatic rings. The van der Waals surface area contributed by atoms with Crippen LogP contribution in [0.3, 0.4) is 0 Å². The first-order chi connectivity index (χ1) is 13.8. The third-order valence-electron chi connectivity index (χ3n) is 3.30. The van der Waals surface area contributed by atoms with E-state index in [1.54, 1.807) is 25.2 Å². The van der Waals surface area contributed by atoms with Gasteiger partial charge in [-0.05, 0) is 42.8 Å². The number of nitrogens with two attached hydrogens (primary N) is 1. The van der Waals surface area contributed by atoms with Crippen molar-refractivity contribution >= 4 is 16.6 Å². The second kappa shape index (κ2) is 12.9. The number of halogens is 3. The maximum atomic E-state index is 13.1. The Bertz CT molecular complexity index is 851. The van der Waals surface area contributed by atoms with Gasteiger partial charge in [-0.25, -0.2) is 14.0 Å². The average Bonchev–Trinajstić information content (AvgIpc) is 3.17. The van der Waals surface area contributed by atoms with E-state index in [4.69, 9.17) is 5.14 Å². The van der Waals surface area contributed by atoms with Crippen LogP contribution in [-0.2, 0) is 17.2 Å². The van der Waals surface area contributed by atoms with Crippen molar-refractivity contribution in [1.29, 1.82) is 0 Å². The van der Waals surface area contributed by atoms with Crippen LogP contribution in [0.1, 0.15) is 46.0 Å². The van der Waals surface area contributed by atoms with E-state index in [0.29, 0.717) is 16.2 Å². The highest BCUT2D eigenvalue weighted by Crippen LogP contribution is 2.32. The molecular formula is C21H28F3N3OS. The molecule has 0 saturated heterocycles. The first kappa shape index (κ1) is 26.6. The van der Waals surface area contributed by atoms with Crippen LogP contribution in [-0.4, -0.2) is 14.0 Å². The molecule has 160 valence electrons. The minimum absolute atomic E-state index is 0.238. The van der Waals surface area contributed by atoms with E-state index in [-0.39, 0.29) is 5.69 Å². The number of rotatable bonds is 5. The molecule has 2 rings (SSSR count). The van der Waals surface area contributed by atoms with Gasteiger partial charge in [-0.3, -0.25) is 0 Å². The molecule has 2 N–H and O–H groups in total. The fourth-order valence-corrected chi connectivity index (χ4v) is 2.51. The SMILES string of the molecule is C=C/C(=C\C=C/C)c1cc(C(F)(F)F)nn1-c1ccc(S(N)=O)cc1.CC.CC. The Labute approximate surface area is 173 Å². The predicted molar refractivity (Wildman–Crippen MR) is 115 cm³/mol. The van der Waals surface area contributed by atoms with E-state index in [0.717, 1.165) is 6.07 Å². The minimum atomic E-state index is -4.58. The molecule has 0 fully saturated rings. The van der Waals surface area contributed by atoms with Gasteiger partial charge in [-0.2, -0.15) is 18.3 Å². The van der Waals surface area contributed by atoms with E-state index < -0.39 is 22.9 Å². The molecule has 1 atom stereocenters. The van der Waals surface area contributed by atoms with Gasteiger partial charge in [0.1, 0.15) is 11.0 Å². The van der Waals surface area contributed by atoms with Crippen molar-refractivity contribution in [3.63, 3.8) is 0 Å². The van der Waals surface area contributed by atoms with Gasteiger partial charge in [0.25, 0.3) is 0 Å². The predicted octanol–water partition coefficient (Wildman–Crippen LogP) is 6.07. The average molecular weight is 428 g/mol. The van der Waals surface area contributed by atoms with Crippen LogP contribution in [0.25, 0.3) is 11.3 Å². The first-order valence-corrected chi connectivity index (χ1v) is 10.4. The van der Waals surface area contributed by atoms with Gasteiger partial charge in [0.15, 0.2) is 5.69 Å². The molecule has 1 unspecified atom stereocenters. The normalized spacial score (nSPS) is 12.5. The van der Waals surface area contributed by atoms with Crippen molar-refractivity contribution < 1.29 is 17.4 Å². The second-order valence-electron chi connectivity index (χ2n) is 4.97. The number of nitrogens with zero attached hydrogens (tertiary/aromatic N) is 2. The highest BCUT2D eigenvalue weighted by atomic mass is 32.2. The number of hydrogen-bond donors (Lipinski definition) is 1. The maximum absolute atomic E-state index is 13.1. The molecule has 0 bridgehead atoms. The van der Waals surface area contributed by atoms with Crippen molar-refractivity contribution in [3.05, 3.63) is 72.6 Å². The molecule has 0 aliphatic carbocycles. The quantitative estimate of drug-likeness (QED) is 0.589. The third-order valence-corrected chi connectivity index (χ3v) is 4.03. The molecule has 0 aliphatic heterocycles. The van der Waals surface area contributed by atoms with Crippen molar-refractivity contribution in [2.45, 2.75) is 45.7 Å². The zero-order valence-corrected chi connectivity index (χ0v) is 18.1. The van der Waals surface area contributed by atoms with Crippen molar-refractivity contribution in [1.82, 2.24) is 9.78 Å². The van der Waals surface area contributed by atoms with Crippen LogP contribution < -0.4 is 5.14 Å². The van der Waals surface area contributed by atoms with Crippen LogP contribution in [0, 0.1) is 0 Å². The van der Waals surface area contributed by atoms with E-state index in [1.807, 2.05) is 27.7 Å². The van der Waals surface area contributed by atoms with Gasteiger partial charge in [0.05, 0.1) is 16.3 Å². The van der Waals surface area contributed by atoms with E-state index in [2.05, 4.69) is 11.7 Å². The summed E-state index contributed by atoms with van der Waals surface area (Å²) in [4.78, 5) is 0.363. The summed E-state index contributed by atoms with van der Waals surface area (Å²) in [6.45, 7) is 13.4. The summed E-state index contributed by atoms with van der Waals surface area (Å²) in [5, 5.41) is 8.96. The summed E-state index contributed by atoms with van der Waals surface area (Å²) in [5.41, 5.74) is 0.0877. The summed E-state index contributed by atoms with van der Waals surface area (Å²) in [6.07, 6.45) is 1.97. The summed E-state index contributed by atoms with van der Waals surface area (Å²) in [6, 6.07) is 6.94. The third kappa shape index (κ3) is 7.47. The van der Waals surface area contributed by atoms with Crippen LogP contribution in [0.2, 0.25) is 0 Å². The molecule has 0 amide bonds. The summed E-state index contributed by atoms with van der Waals surface area (Å²) in [5.74, 6) is 0. The fraction of sp³-hybridized carbons (Fsp3) is 0.286. The van der Waals surface area contributed by atoms with Crippen molar-refractivity contribution in [2.24, 2.45) is 5.14 Å². The lowest BCUT2D eigenvalue weighted by molar-refractivity contribution is -0.141. The Balaban J connectivity index is 0.00000184. The van der Waals surface area contributed by atoms with Crippen LogP contribution in [0.4, 0.5) is 13.2 Å². The molecule has 0 saturated carbocycles. The Kier molecular flexibility index (Phi) is 11.8. The zero-order valence-electron chi connectivity index (χ0n) is 17.3. The highest BCUT2D eigenvalue weighted by molar-refractivity contribution is 7.82. The van der Waals surface area contributed by atoms with Gasteiger partial charge in [0.2, 0.25) is 0 Å². The number of alkyl halides is 3. The van der Waals surface area contributed by atoms with Gasteiger partial charge in [-0.1, -0.05) is 58.6 Å². The molecule has 1 heterocycles. The lowest BCUT2D eigenvalue weighted by Crippen LogP contribution is -2.08. The Hall–Kier alpha value is -2.45. The lowest BCUT2D eigenvalue weighted by atomic mass is 10.1. The Morgan fingerprint density at radius 1 is 1.17 bits per heavy atom. The smallest absolute Gasteiger partial charge is 0.248 e. The van der Waals surface area contributed by atoms with Crippen molar-refractivity contribution in [2.75, 3.05) is 0 Å². The maximum Gasteiger partial charge on any atom is 0.435 e. The topological polar surface area (TPSA) is 60.9 Å². The zero-order chi connectivity index (χ0) is 22.6. The van der Waals surface area contributed by atoms with Gasteiger partial charge in [-0.15, -0.1) is 0 Å². The second-order valence-corrected chi connectivity index (χ2v) is 6.03. The highest BCUT2D eigenvalue weighted by Gasteiger charge is 2.35. The largest absolute Gasteiger partial charge is 0.435 e. The van der Waals surface area contributed by atoms with Crippen LogP contribution in [0.5, 0.6) is 0 Å². The van der Waals surface area contributed by atoms with Gasteiger partial charge < -0.3 is 0 Å². The number of allylic oxidation sites excluding steroid dienone is 5. The Morgan fingerprint density at radius 3 is 2.14 bits per heavy atom. The molecular weight excluding hydrogens is 399 g/mol. The molecule has 0 radical (unpaired) electrons. The molecule has 8 heteroatoms. The number of benzene rings is 1. The molecule has 2 aromatic rings. The lowest BCUT2D eigenvalue weighted by Gasteiger charge is -2.08. The standard InChI is InChI=1S/C17H16F3N3OS.2C2H6/c1-3-5-6-12(4-2)15-11-16(17(18,19)20)22-23(15)13-7-9-14(10-8-13)25(21)24;2*1-2/h3-11H,2,21H2,1H3;2*1-2H3/b5-3-,12-6+;;. The molecule has 1 aromatic carbocycles. The minimum Gasteiger partial charge on any atom is -0.248 e. The van der Waals surface area contributed by atoms with Crippen LogP contribution >= 0.6 is 0 Å². The molecule has 1 aromatic heterocycles. The molecule has 29 heavy (non-hydrogen) atoms. The van der Waals surface area contributed by atoms with Crippen LogP contribution in [0.15, 0.2) is 66.1 Å². The van der Waals surface area contributed by atoms with E-state index in [1.165, 1.54) is 35.0 Å². The summed E-state index contributed by atoms with van der Waals surface area (Å²) < 4.78 is 51.7. The van der Waals surface area contributed by atoms with Gasteiger partial charge in [0, 0.05) is 0 Å². The fourth-order valence-electron chi connectivity index (χ4n) is 2.10. The number of hydrogen-bond acceptors (Lipinski definition) is 2.